The number of ether oxygens (including phenoxy) is 2. The van der Waals surface area contributed by atoms with E-state index in [1.165, 1.54) is 12.7 Å². The van der Waals surface area contributed by atoms with Gasteiger partial charge in [0.25, 0.3) is 0 Å². The minimum atomic E-state index is -3.27. The van der Waals surface area contributed by atoms with E-state index in [1.54, 1.807) is 0 Å². The van der Waals surface area contributed by atoms with E-state index < -0.39 is 15.6 Å². The Hall–Kier alpha value is -0.900. The Morgan fingerprint density at radius 3 is 2.54 bits per heavy atom. The Morgan fingerprint density at radius 1 is 1.25 bits per heavy atom. The summed E-state index contributed by atoms with van der Waals surface area (Å²) < 4.78 is 37.5. The summed E-state index contributed by atoms with van der Waals surface area (Å²) in [6, 6.07) is 0. The van der Waals surface area contributed by atoms with Gasteiger partial charge in [-0.3, -0.25) is 4.99 Å². The van der Waals surface area contributed by atoms with Crippen LogP contribution in [0.4, 0.5) is 0 Å². The summed E-state index contributed by atoms with van der Waals surface area (Å²) in [6.07, 6.45) is 7.13. The molecule has 2 fully saturated rings. The van der Waals surface area contributed by atoms with E-state index in [1.807, 2.05) is 20.8 Å². The first-order valence-corrected chi connectivity index (χ1v) is 12.3. The van der Waals surface area contributed by atoms with Crippen LogP contribution in [0.3, 0.4) is 0 Å². The van der Waals surface area contributed by atoms with Crippen molar-refractivity contribution in [1.82, 2.24) is 14.9 Å². The SMILES string of the molecule is CCNC(=NCC(C)(C)NS(C)(=O)=O)N1CCC(OCC2CCCCO2)CC1. The second-order valence-corrected chi connectivity index (χ2v) is 10.2. The second-order valence-electron chi connectivity index (χ2n) is 8.44. The van der Waals surface area contributed by atoms with Gasteiger partial charge in [-0.05, 0) is 52.9 Å². The standard InChI is InChI=1S/C19H38N4O4S/c1-5-20-18(21-15-19(2,3)22-28(4,24)25)23-11-9-16(10-12-23)27-14-17-8-6-7-13-26-17/h16-17,22H,5-15H2,1-4H3,(H,20,21). The lowest BCUT2D eigenvalue weighted by Gasteiger charge is -2.35. The summed E-state index contributed by atoms with van der Waals surface area (Å²) in [5, 5.41) is 3.32. The van der Waals surface area contributed by atoms with Gasteiger partial charge in [0, 0.05) is 31.8 Å². The van der Waals surface area contributed by atoms with Crippen LogP contribution < -0.4 is 10.0 Å². The summed E-state index contributed by atoms with van der Waals surface area (Å²) in [5.41, 5.74) is -0.629. The van der Waals surface area contributed by atoms with Gasteiger partial charge in [0.05, 0.1) is 31.6 Å². The third-order valence-electron chi connectivity index (χ3n) is 4.95. The van der Waals surface area contributed by atoms with Crippen molar-refractivity contribution in [3.63, 3.8) is 0 Å². The summed E-state index contributed by atoms with van der Waals surface area (Å²) >= 11 is 0. The smallest absolute Gasteiger partial charge is 0.209 e. The molecule has 2 aliphatic heterocycles. The third kappa shape index (κ3) is 8.63. The molecule has 9 heteroatoms. The van der Waals surface area contributed by atoms with Crippen LogP contribution in [0.15, 0.2) is 4.99 Å². The molecular formula is C19H38N4O4S. The Balaban J connectivity index is 1.82. The van der Waals surface area contributed by atoms with Gasteiger partial charge >= 0.3 is 0 Å². The van der Waals surface area contributed by atoms with E-state index in [0.29, 0.717) is 13.2 Å². The Morgan fingerprint density at radius 2 is 1.96 bits per heavy atom. The molecule has 1 atom stereocenters. The number of aliphatic imine (C=N–C) groups is 1. The summed E-state index contributed by atoms with van der Waals surface area (Å²) in [7, 11) is -3.27. The molecule has 0 amide bonds. The maximum absolute atomic E-state index is 11.5. The predicted octanol–water partition coefficient (Wildman–Crippen LogP) is 1.33. The highest BCUT2D eigenvalue weighted by Gasteiger charge is 2.26. The van der Waals surface area contributed by atoms with Gasteiger partial charge < -0.3 is 19.7 Å². The first-order chi connectivity index (χ1) is 13.2. The zero-order valence-corrected chi connectivity index (χ0v) is 18.7. The van der Waals surface area contributed by atoms with Crippen molar-refractivity contribution in [1.29, 1.82) is 0 Å². The summed E-state index contributed by atoms with van der Waals surface area (Å²) in [4.78, 5) is 6.91. The van der Waals surface area contributed by atoms with Crippen molar-refractivity contribution in [2.75, 3.05) is 45.6 Å². The molecule has 0 spiro atoms. The van der Waals surface area contributed by atoms with Crippen molar-refractivity contribution in [2.45, 2.75) is 70.6 Å². The molecule has 0 aromatic carbocycles. The fourth-order valence-corrected chi connectivity index (χ4v) is 4.72. The van der Waals surface area contributed by atoms with Crippen LogP contribution in [0, 0.1) is 0 Å². The molecule has 0 saturated carbocycles. The fraction of sp³-hybridized carbons (Fsp3) is 0.947. The van der Waals surface area contributed by atoms with Crippen LogP contribution in [0.5, 0.6) is 0 Å². The number of nitrogens with one attached hydrogen (secondary N) is 2. The maximum Gasteiger partial charge on any atom is 0.209 e. The number of nitrogens with zero attached hydrogens (tertiary/aromatic N) is 2. The van der Waals surface area contributed by atoms with Gasteiger partial charge in [0.15, 0.2) is 5.96 Å². The van der Waals surface area contributed by atoms with E-state index in [4.69, 9.17) is 9.47 Å². The van der Waals surface area contributed by atoms with Crippen molar-refractivity contribution >= 4 is 16.0 Å². The highest BCUT2D eigenvalue weighted by Crippen LogP contribution is 2.18. The molecule has 0 aromatic rings. The van der Waals surface area contributed by atoms with Gasteiger partial charge in [0.2, 0.25) is 10.0 Å². The predicted molar refractivity (Wildman–Crippen MR) is 112 cm³/mol. The number of likely N-dealkylation sites (tertiary alicyclic amines) is 1. The largest absolute Gasteiger partial charge is 0.376 e. The molecule has 0 radical (unpaired) electrons. The maximum atomic E-state index is 11.5. The number of hydrogen-bond acceptors (Lipinski definition) is 5. The van der Waals surface area contributed by atoms with Gasteiger partial charge in [-0.25, -0.2) is 13.1 Å². The Kier molecular flexibility index (Phi) is 8.98. The van der Waals surface area contributed by atoms with Gasteiger partial charge in [-0.2, -0.15) is 0 Å². The van der Waals surface area contributed by atoms with Crippen LogP contribution in [0.1, 0.15) is 52.9 Å². The van der Waals surface area contributed by atoms with Crippen LogP contribution in [-0.2, 0) is 19.5 Å². The lowest BCUT2D eigenvalue weighted by atomic mass is 10.1. The van der Waals surface area contributed by atoms with E-state index >= 15 is 0 Å². The average molecular weight is 419 g/mol. The van der Waals surface area contributed by atoms with Crippen LogP contribution >= 0.6 is 0 Å². The van der Waals surface area contributed by atoms with E-state index in [2.05, 4.69) is 19.9 Å². The van der Waals surface area contributed by atoms with Crippen molar-refractivity contribution in [2.24, 2.45) is 4.99 Å². The minimum absolute atomic E-state index is 0.259. The topological polar surface area (TPSA) is 92.3 Å². The van der Waals surface area contributed by atoms with Crippen molar-refractivity contribution in [3.8, 4) is 0 Å². The Labute approximate surface area is 170 Å². The zero-order valence-electron chi connectivity index (χ0n) is 17.9. The molecule has 0 aromatic heterocycles. The van der Waals surface area contributed by atoms with E-state index in [9.17, 15) is 8.42 Å². The first kappa shape index (κ1) is 23.4. The number of hydrogen-bond donors (Lipinski definition) is 2. The van der Waals surface area contributed by atoms with Crippen LogP contribution in [0.25, 0.3) is 0 Å². The van der Waals surface area contributed by atoms with E-state index in [0.717, 1.165) is 57.9 Å². The molecule has 2 rings (SSSR count). The van der Waals surface area contributed by atoms with Crippen LogP contribution in [-0.4, -0.2) is 82.7 Å². The first-order valence-electron chi connectivity index (χ1n) is 10.4. The molecule has 2 N–H and O–H groups in total. The molecule has 2 aliphatic rings. The molecule has 164 valence electrons. The molecule has 0 bridgehead atoms. The van der Waals surface area contributed by atoms with E-state index in [-0.39, 0.29) is 12.2 Å². The highest BCUT2D eigenvalue weighted by atomic mass is 32.2. The monoisotopic (exact) mass is 418 g/mol. The van der Waals surface area contributed by atoms with Gasteiger partial charge in [-0.15, -0.1) is 0 Å². The second kappa shape index (κ2) is 10.8. The molecule has 0 aliphatic carbocycles. The van der Waals surface area contributed by atoms with Gasteiger partial charge in [0.1, 0.15) is 0 Å². The normalized spacial score (nSPS) is 23.1. The molecule has 2 heterocycles. The molecular weight excluding hydrogens is 380 g/mol. The lowest BCUT2D eigenvalue weighted by Crippen LogP contribution is -2.49. The Bertz CT molecular complexity index is 595. The molecule has 28 heavy (non-hydrogen) atoms. The van der Waals surface area contributed by atoms with Crippen molar-refractivity contribution < 1.29 is 17.9 Å². The van der Waals surface area contributed by atoms with Crippen LogP contribution in [0.2, 0.25) is 0 Å². The zero-order chi connectivity index (χ0) is 20.6. The summed E-state index contributed by atoms with van der Waals surface area (Å²) in [5.74, 6) is 0.833. The average Bonchev–Trinajstić information content (AvgIpc) is 2.63. The highest BCUT2D eigenvalue weighted by molar-refractivity contribution is 7.88. The number of sulfonamides is 1. The van der Waals surface area contributed by atoms with Gasteiger partial charge in [-0.1, -0.05) is 0 Å². The molecule has 8 nitrogen and oxygen atoms in total. The minimum Gasteiger partial charge on any atom is -0.376 e. The molecule has 2 saturated heterocycles. The summed E-state index contributed by atoms with van der Waals surface area (Å²) in [6.45, 7) is 10.2. The fourth-order valence-electron chi connectivity index (χ4n) is 3.65. The van der Waals surface area contributed by atoms with Crippen molar-refractivity contribution in [3.05, 3.63) is 0 Å². The number of guanidine groups is 1. The lowest BCUT2D eigenvalue weighted by molar-refractivity contribution is -0.0721. The number of piperidine rings is 1. The third-order valence-corrected chi connectivity index (χ3v) is 5.88. The number of rotatable bonds is 8. The molecule has 1 unspecified atom stereocenters. The quantitative estimate of drug-likeness (QED) is 0.456.